The van der Waals surface area contributed by atoms with E-state index in [1.165, 1.54) is 88.4 Å². The van der Waals surface area contributed by atoms with Gasteiger partial charge in [-0.05, 0) is 48.6 Å². The molecule has 4 aromatic rings. The summed E-state index contributed by atoms with van der Waals surface area (Å²) in [7, 11) is 0. The Morgan fingerprint density at radius 2 is 1.61 bits per heavy atom. The molecule has 0 aliphatic carbocycles. The molecule has 18 nitrogen and oxygen atoms in total. The third kappa shape index (κ3) is 6.72. The quantitative estimate of drug-likeness (QED) is 0.0512. The fraction of sp³-hybridized carbons (Fsp3) is 0.361. The molecule has 20 heteroatoms. The van der Waals surface area contributed by atoms with Crippen LogP contribution in [-0.4, -0.2) is 89.2 Å². The average molecular weight is 808 g/mol. The highest BCUT2D eigenvalue weighted by molar-refractivity contribution is 7.98. The van der Waals surface area contributed by atoms with E-state index < -0.39 is 63.9 Å². The average Bonchev–Trinajstić information content (AvgIpc) is 3.92. The Morgan fingerprint density at radius 1 is 1.02 bits per heavy atom. The first-order valence-electron chi connectivity index (χ1n) is 17.3. The van der Waals surface area contributed by atoms with E-state index in [-0.39, 0.29) is 49.2 Å². The van der Waals surface area contributed by atoms with Crippen LogP contribution < -0.4 is 4.57 Å². The van der Waals surface area contributed by atoms with Gasteiger partial charge in [0.1, 0.15) is 37.2 Å². The first-order chi connectivity index (χ1) is 26.7. The van der Waals surface area contributed by atoms with Gasteiger partial charge in [-0.1, -0.05) is 30.0 Å². The summed E-state index contributed by atoms with van der Waals surface area (Å²) in [5, 5.41) is 43.4. The largest absolute Gasteiger partial charge is 0.477 e. The summed E-state index contributed by atoms with van der Waals surface area (Å²) in [5.74, 6) is -3.43. The first kappa shape index (κ1) is 38.4. The van der Waals surface area contributed by atoms with Crippen molar-refractivity contribution in [3.63, 3.8) is 0 Å². The molecule has 292 valence electrons. The Morgan fingerprint density at radius 3 is 2.14 bits per heavy atom. The van der Waals surface area contributed by atoms with Crippen molar-refractivity contribution in [3.8, 4) is 0 Å². The van der Waals surface area contributed by atoms with E-state index in [4.69, 9.17) is 9.47 Å². The van der Waals surface area contributed by atoms with Crippen LogP contribution in [0.1, 0.15) is 42.3 Å². The highest BCUT2D eigenvalue weighted by Crippen LogP contribution is 2.51. The first-order valence-corrected chi connectivity index (χ1v) is 19.4. The molecule has 2 saturated heterocycles. The van der Waals surface area contributed by atoms with E-state index >= 15 is 0 Å². The van der Waals surface area contributed by atoms with Gasteiger partial charge in [0.15, 0.2) is 0 Å². The molecule has 0 spiro atoms. The molecule has 3 aliphatic heterocycles. The van der Waals surface area contributed by atoms with Crippen LogP contribution in [0.15, 0.2) is 71.8 Å². The number of ether oxygens (including phenoxy) is 2. The van der Waals surface area contributed by atoms with Crippen LogP contribution in [-0.2, 0) is 37.1 Å². The van der Waals surface area contributed by atoms with Crippen LogP contribution in [0.3, 0.4) is 0 Å². The molecule has 2 fully saturated rings. The summed E-state index contributed by atoms with van der Waals surface area (Å²) < 4.78 is 15.0. The maximum Gasteiger partial charge on any atom is 0.411 e. The number of aromatic nitrogens is 2. The highest BCUT2D eigenvalue weighted by atomic mass is 32.2. The van der Waals surface area contributed by atoms with Crippen molar-refractivity contribution in [2.24, 2.45) is 11.8 Å². The molecule has 0 bridgehead atoms. The summed E-state index contributed by atoms with van der Waals surface area (Å²) in [4.78, 5) is 77.7. The molecule has 2 N–H and O–H groups in total. The molecule has 2 aromatic carbocycles. The van der Waals surface area contributed by atoms with Crippen LogP contribution in [0.25, 0.3) is 10.4 Å². The molecule has 5 heterocycles. The van der Waals surface area contributed by atoms with Crippen molar-refractivity contribution in [3.05, 3.63) is 103 Å². The number of carbonyl (C=O) groups is 4. The number of nitro groups is 2. The second-order valence-corrected chi connectivity index (χ2v) is 15.6. The Balaban J connectivity index is 1.15. The number of benzene rings is 2. The molecule has 3 aliphatic rings. The minimum atomic E-state index is -1.23. The maximum absolute atomic E-state index is 13.6. The zero-order valence-corrected chi connectivity index (χ0v) is 31.7. The third-order valence-electron chi connectivity index (χ3n) is 10.4. The molecule has 0 unspecified atom stereocenters. The Labute approximate surface area is 325 Å². The zero-order valence-electron chi connectivity index (χ0n) is 30.0. The van der Waals surface area contributed by atoms with Crippen LogP contribution in [0, 0.1) is 32.1 Å². The van der Waals surface area contributed by atoms with Gasteiger partial charge in [-0.2, -0.15) is 4.40 Å². The number of nitro benzene ring substituents is 2. The van der Waals surface area contributed by atoms with E-state index in [0.717, 1.165) is 9.86 Å². The van der Waals surface area contributed by atoms with Gasteiger partial charge < -0.3 is 24.6 Å². The van der Waals surface area contributed by atoms with Crippen molar-refractivity contribution < 1.29 is 53.3 Å². The number of carboxylic acids is 1. The number of rotatable bonds is 12. The summed E-state index contributed by atoms with van der Waals surface area (Å²) in [6.45, 7) is 3.00. The minimum Gasteiger partial charge on any atom is -0.477 e. The normalized spacial score (nSPS) is 22.2. The summed E-state index contributed by atoms with van der Waals surface area (Å²) in [5.41, 5.74) is 1.16. The van der Waals surface area contributed by atoms with Crippen molar-refractivity contribution in [1.29, 1.82) is 0 Å². The third-order valence-corrected chi connectivity index (χ3v) is 12.5. The Hall–Kier alpha value is -5.86. The van der Waals surface area contributed by atoms with E-state index in [0.29, 0.717) is 21.6 Å². The van der Waals surface area contributed by atoms with Gasteiger partial charge >= 0.3 is 18.0 Å². The molecule has 0 radical (unpaired) electrons. The lowest BCUT2D eigenvalue weighted by atomic mass is 9.77. The lowest BCUT2D eigenvalue weighted by Crippen LogP contribution is -2.63. The Bertz CT molecular complexity index is 2220. The number of esters is 1. The predicted molar refractivity (Wildman–Crippen MR) is 197 cm³/mol. The van der Waals surface area contributed by atoms with Crippen LogP contribution in [0.5, 0.6) is 0 Å². The number of carboxylic acid groups (broad SMARTS) is 1. The van der Waals surface area contributed by atoms with Crippen LogP contribution >= 0.6 is 23.1 Å². The van der Waals surface area contributed by atoms with Gasteiger partial charge in [-0.15, -0.1) is 0 Å². The number of hydrogen-bond donors (Lipinski definition) is 2. The number of thioether (sulfide) groups is 1. The van der Waals surface area contributed by atoms with E-state index in [1.54, 1.807) is 12.5 Å². The molecular weight excluding hydrogens is 773 g/mol. The number of aliphatic hydroxyl groups is 1. The summed E-state index contributed by atoms with van der Waals surface area (Å²) in [6.07, 6.45) is 3.85. The van der Waals surface area contributed by atoms with Gasteiger partial charge in [0.2, 0.25) is 15.8 Å². The molecule has 7 rings (SSSR count). The van der Waals surface area contributed by atoms with Crippen molar-refractivity contribution in [2.75, 3.05) is 12.8 Å². The second kappa shape index (κ2) is 15.0. The number of carbonyl (C=O) groups excluding carboxylic acids is 3. The van der Waals surface area contributed by atoms with Crippen molar-refractivity contribution >= 4 is 68.8 Å². The van der Waals surface area contributed by atoms with Gasteiger partial charge in [0.05, 0.1) is 39.3 Å². The number of β-lactam (4-membered cyclic amide) rings is 1. The molecule has 2 aromatic heterocycles. The van der Waals surface area contributed by atoms with Gasteiger partial charge in [-0.25, -0.2) is 19.0 Å². The number of amides is 2. The molecular formula is C36H35N6O12S2+. The number of nitrogens with zero attached hydrogens (tertiary/aromatic N) is 6. The SMILES string of the molecule is CSc1c2sc(C3=C(C(=O)O)N4C(=O)[C@H]([C@@H](C)O)[C@H]4[C@H]3C)cn2c[n+]1[C@H]1C[C@@H](C(=O)OCc2ccc([N+](=O)[O-])cc2)N(C(=O)OCc2ccc([N+](=O)[O-])cc2)C1. The van der Waals surface area contributed by atoms with Crippen molar-refractivity contribution in [2.45, 2.75) is 62.7 Å². The summed E-state index contributed by atoms with van der Waals surface area (Å²) in [6, 6.07) is 9.03. The van der Waals surface area contributed by atoms with Gasteiger partial charge in [0, 0.05) is 42.2 Å². The van der Waals surface area contributed by atoms with E-state index in [1.807, 2.05) is 22.1 Å². The van der Waals surface area contributed by atoms with E-state index in [2.05, 4.69) is 0 Å². The topological polar surface area (TPSA) is 228 Å². The number of hydrogen-bond acceptors (Lipinski definition) is 13. The molecule has 56 heavy (non-hydrogen) atoms. The highest BCUT2D eigenvalue weighted by Gasteiger charge is 2.60. The monoisotopic (exact) mass is 807 g/mol. The number of aliphatic carboxylic acids is 1. The van der Waals surface area contributed by atoms with Gasteiger partial charge in [-0.3, -0.25) is 29.9 Å². The van der Waals surface area contributed by atoms with Crippen molar-refractivity contribution in [1.82, 2.24) is 14.2 Å². The van der Waals surface area contributed by atoms with Gasteiger partial charge in [0.25, 0.3) is 17.7 Å². The summed E-state index contributed by atoms with van der Waals surface area (Å²) >= 11 is 2.76. The minimum absolute atomic E-state index is 0.0458. The lowest BCUT2D eigenvalue weighted by Gasteiger charge is -2.46. The lowest BCUT2D eigenvalue weighted by molar-refractivity contribution is -0.751. The standard InChI is InChI=1S/C36H34N6O12S2/c1-18-27(30(34(45)46)40-29(18)28(19(2)43)31(40)44)26-14-37-17-39(33(55-3)32(37)56-26)24-12-25(35(47)53-15-20-4-8-22(9-5-20)41(49)50)38(13-24)36(48)54-16-21-6-10-23(11-7-21)42(51)52/h4-11,14,17-19,24-25,28-29,43H,12-13,15-16H2,1-3H3/p+1/t18-,19+,24-,25-,28+,29+/m0/s1. The van der Waals surface area contributed by atoms with Crippen LogP contribution in [0.2, 0.25) is 0 Å². The number of thiazole rings is 1. The number of aliphatic hydroxyl groups excluding tert-OH is 1. The number of likely N-dealkylation sites (tertiary alicyclic amines) is 1. The molecule has 2 amide bonds. The Kier molecular flexibility index (Phi) is 10.3. The van der Waals surface area contributed by atoms with E-state index in [9.17, 15) is 49.6 Å². The molecule has 0 saturated carbocycles. The number of non-ortho nitro benzene ring substituents is 2. The number of imidazole rings is 1. The number of fused-ring (bicyclic) bond motifs is 2. The van der Waals surface area contributed by atoms with Crippen LogP contribution in [0.4, 0.5) is 16.2 Å². The zero-order chi connectivity index (χ0) is 40.2. The molecule has 6 atom stereocenters. The predicted octanol–water partition coefficient (Wildman–Crippen LogP) is 4.18. The smallest absolute Gasteiger partial charge is 0.411 e. The fourth-order valence-corrected chi connectivity index (χ4v) is 9.95. The fourth-order valence-electron chi connectivity index (χ4n) is 7.72. The maximum atomic E-state index is 13.6. The second-order valence-electron chi connectivity index (χ2n) is 13.7.